The molecule has 0 aliphatic carbocycles. The summed E-state index contributed by atoms with van der Waals surface area (Å²) in [7, 11) is 0. The van der Waals surface area contributed by atoms with Gasteiger partial charge in [-0.2, -0.15) is 0 Å². The van der Waals surface area contributed by atoms with Crippen molar-refractivity contribution in [2.24, 2.45) is 0 Å². The molecule has 5 nitrogen and oxygen atoms in total. The second-order valence-electron chi connectivity index (χ2n) is 4.71. The molecule has 0 unspecified atom stereocenters. The van der Waals surface area contributed by atoms with Crippen LogP contribution in [0.25, 0.3) is 10.9 Å². The zero-order valence-electron chi connectivity index (χ0n) is 10.1. The van der Waals surface area contributed by atoms with Crippen LogP contribution in [0.3, 0.4) is 0 Å². The quantitative estimate of drug-likeness (QED) is 0.745. The number of fused-ring (bicyclic) bond motifs is 1. The van der Waals surface area contributed by atoms with Gasteiger partial charge in [0.25, 0.3) is 5.56 Å². The maximum Gasteiger partial charge on any atom is 0.260 e. The normalized spacial score (nSPS) is 16.1. The first-order valence-corrected chi connectivity index (χ1v) is 6.28. The largest absolute Gasteiger partial charge is 0.399 e. The van der Waals surface area contributed by atoms with E-state index in [0.29, 0.717) is 22.5 Å². The predicted octanol–water partition coefficient (Wildman–Crippen LogP) is 1.50. The molecule has 1 aliphatic heterocycles. The predicted molar refractivity (Wildman–Crippen MR) is 72.8 cm³/mol. The molecule has 94 valence electrons. The smallest absolute Gasteiger partial charge is 0.260 e. The number of aromatic amines is 1. The molecule has 1 fully saturated rings. The van der Waals surface area contributed by atoms with E-state index >= 15 is 0 Å². The number of piperidine rings is 1. The SMILES string of the molecule is Nc1ccc2nc(N3CCCCC3)[nH]c(=O)c2c1. The topological polar surface area (TPSA) is 75.0 Å². The number of nitrogens with one attached hydrogen (secondary N) is 1. The lowest BCUT2D eigenvalue weighted by Gasteiger charge is -2.27. The Morgan fingerprint density at radius 2 is 2.00 bits per heavy atom. The van der Waals surface area contributed by atoms with Gasteiger partial charge in [-0.15, -0.1) is 0 Å². The van der Waals surface area contributed by atoms with Crippen LogP contribution in [0.2, 0.25) is 0 Å². The molecule has 0 saturated carbocycles. The first kappa shape index (κ1) is 11.1. The highest BCUT2D eigenvalue weighted by Crippen LogP contribution is 2.18. The lowest BCUT2D eigenvalue weighted by atomic mass is 10.1. The summed E-state index contributed by atoms with van der Waals surface area (Å²) >= 11 is 0. The van der Waals surface area contributed by atoms with Gasteiger partial charge in [0.05, 0.1) is 10.9 Å². The fraction of sp³-hybridized carbons (Fsp3) is 0.385. The van der Waals surface area contributed by atoms with Gasteiger partial charge in [0.1, 0.15) is 0 Å². The number of nitrogens with zero attached hydrogens (tertiary/aromatic N) is 2. The van der Waals surface area contributed by atoms with Crippen molar-refractivity contribution in [3.05, 3.63) is 28.6 Å². The number of aromatic nitrogens is 2. The molecule has 0 radical (unpaired) electrons. The lowest BCUT2D eigenvalue weighted by Crippen LogP contribution is -2.32. The van der Waals surface area contributed by atoms with Crippen LogP contribution < -0.4 is 16.2 Å². The standard InChI is InChI=1S/C13H16N4O/c14-9-4-5-11-10(8-9)12(18)16-13(15-11)17-6-2-1-3-7-17/h4-5,8H,1-3,6-7,14H2,(H,15,16,18). The van der Waals surface area contributed by atoms with E-state index in [-0.39, 0.29) is 5.56 Å². The highest BCUT2D eigenvalue weighted by Gasteiger charge is 2.14. The third-order valence-electron chi connectivity index (χ3n) is 3.37. The number of hydrogen-bond donors (Lipinski definition) is 2. The summed E-state index contributed by atoms with van der Waals surface area (Å²) in [5.41, 5.74) is 6.85. The van der Waals surface area contributed by atoms with Crippen molar-refractivity contribution >= 4 is 22.5 Å². The van der Waals surface area contributed by atoms with Crippen LogP contribution >= 0.6 is 0 Å². The highest BCUT2D eigenvalue weighted by atomic mass is 16.1. The van der Waals surface area contributed by atoms with Crippen molar-refractivity contribution in [2.45, 2.75) is 19.3 Å². The van der Waals surface area contributed by atoms with Crippen LogP contribution in [0.5, 0.6) is 0 Å². The molecule has 0 bridgehead atoms. The van der Waals surface area contributed by atoms with Gasteiger partial charge in [-0.05, 0) is 37.5 Å². The molecule has 0 amide bonds. The molecule has 0 atom stereocenters. The molecule has 18 heavy (non-hydrogen) atoms. The third kappa shape index (κ3) is 1.92. The van der Waals surface area contributed by atoms with E-state index in [1.807, 2.05) is 0 Å². The van der Waals surface area contributed by atoms with Crippen molar-refractivity contribution < 1.29 is 0 Å². The molecule has 0 spiro atoms. The molecular formula is C13H16N4O. The first-order valence-electron chi connectivity index (χ1n) is 6.28. The van der Waals surface area contributed by atoms with Gasteiger partial charge in [0, 0.05) is 18.8 Å². The average Bonchev–Trinajstić information content (AvgIpc) is 2.40. The van der Waals surface area contributed by atoms with E-state index in [2.05, 4.69) is 14.9 Å². The summed E-state index contributed by atoms with van der Waals surface area (Å²) in [4.78, 5) is 21.5. The van der Waals surface area contributed by atoms with Crippen molar-refractivity contribution in [2.75, 3.05) is 23.7 Å². The summed E-state index contributed by atoms with van der Waals surface area (Å²) in [5.74, 6) is 0.678. The Labute approximate surface area is 105 Å². The van der Waals surface area contributed by atoms with Crippen molar-refractivity contribution in [3.8, 4) is 0 Å². The van der Waals surface area contributed by atoms with E-state index < -0.39 is 0 Å². The zero-order chi connectivity index (χ0) is 12.5. The van der Waals surface area contributed by atoms with Gasteiger partial charge in [-0.25, -0.2) is 4.98 Å². The summed E-state index contributed by atoms with van der Waals surface area (Å²) in [5, 5.41) is 0.552. The van der Waals surface area contributed by atoms with Crippen LogP contribution in [0.1, 0.15) is 19.3 Å². The molecule has 2 aromatic rings. The van der Waals surface area contributed by atoms with E-state index in [1.54, 1.807) is 18.2 Å². The van der Waals surface area contributed by atoms with Crippen LogP contribution in [0.4, 0.5) is 11.6 Å². The molecule has 1 saturated heterocycles. The minimum atomic E-state index is -0.118. The van der Waals surface area contributed by atoms with Crippen molar-refractivity contribution in [1.29, 1.82) is 0 Å². The summed E-state index contributed by atoms with van der Waals surface area (Å²) < 4.78 is 0. The van der Waals surface area contributed by atoms with Crippen molar-refractivity contribution in [3.63, 3.8) is 0 Å². The second kappa shape index (κ2) is 4.33. The molecule has 1 aromatic heterocycles. The number of hydrogen-bond acceptors (Lipinski definition) is 4. The molecule has 3 N–H and O–H groups in total. The molecule has 3 rings (SSSR count). The summed E-state index contributed by atoms with van der Waals surface area (Å²) in [6.45, 7) is 1.92. The molecule has 1 aliphatic rings. The van der Waals surface area contributed by atoms with Gasteiger partial charge >= 0.3 is 0 Å². The summed E-state index contributed by atoms with van der Waals surface area (Å²) in [6.07, 6.45) is 3.57. The Hall–Kier alpha value is -2.04. The van der Waals surface area contributed by atoms with E-state index in [0.717, 1.165) is 25.9 Å². The first-order chi connectivity index (χ1) is 8.74. The maximum atomic E-state index is 12.0. The van der Waals surface area contributed by atoms with Gasteiger partial charge in [-0.1, -0.05) is 0 Å². The molecule has 1 aromatic carbocycles. The van der Waals surface area contributed by atoms with E-state index in [1.165, 1.54) is 6.42 Å². The van der Waals surface area contributed by atoms with Gasteiger partial charge in [0.2, 0.25) is 5.95 Å². The fourth-order valence-electron chi connectivity index (χ4n) is 2.40. The third-order valence-corrected chi connectivity index (χ3v) is 3.37. The van der Waals surface area contributed by atoms with Crippen molar-refractivity contribution in [1.82, 2.24) is 9.97 Å². The highest BCUT2D eigenvalue weighted by molar-refractivity contribution is 5.81. The number of nitrogen functional groups attached to an aromatic ring is 1. The molecular weight excluding hydrogens is 228 g/mol. The average molecular weight is 244 g/mol. The number of rotatable bonds is 1. The number of H-pyrrole nitrogens is 1. The number of anilines is 2. The Balaban J connectivity index is 2.09. The number of benzene rings is 1. The maximum absolute atomic E-state index is 12.0. The van der Waals surface area contributed by atoms with Crippen LogP contribution in [0.15, 0.2) is 23.0 Å². The van der Waals surface area contributed by atoms with E-state index in [4.69, 9.17) is 5.73 Å². The van der Waals surface area contributed by atoms with Crippen LogP contribution in [-0.4, -0.2) is 23.1 Å². The lowest BCUT2D eigenvalue weighted by molar-refractivity contribution is 0.568. The Kier molecular flexibility index (Phi) is 2.66. The minimum Gasteiger partial charge on any atom is -0.399 e. The van der Waals surface area contributed by atoms with Crippen LogP contribution in [0, 0.1) is 0 Å². The second-order valence-corrected chi connectivity index (χ2v) is 4.71. The van der Waals surface area contributed by atoms with Crippen LogP contribution in [-0.2, 0) is 0 Å². The van der Waals surface area contributed by atoms with Gasteiger partial charge < -0.3 is 10.6 Å². The Bertz CT molecular complexity index is 628. The van der Waals surface area contributed by atoms with E-state index in [9.17, 15) is 4.79 Å². The fourth-order valence-corrected chi connectivity index (χ4v) is 2.40. The van der Waals surface area contributed by atoms with Gasteiger partial charge in [0.15, 0.2) is 0 Å². The Morgan fingerprint density at radius 1 is 1.22 bits per heavy atom. The minimum absolute atomic E-state index is 0.118. The zero-order valence-corrected chi connectivity index (χ0v) is 10.1. The molecule has 2 heterocycles. The summed E-state index contributed by atoms with van der Waals surface area (Å²) in [6, 6.07) is 5.24. The van der Waals surface area contributed by atoms with Gasteiger partial charge in [-0.3, -0.25) is 9.78 Å². The number of nitrogens with two attached hydrogens (primary N) is 1. The Morgan fingerprint density at radius 3 is 2.78 bits per heavy atom. The monoisotopic (exact) mass is 244 g/mol. The molecule has 5 heteroatoms.